The van der Waals surface area contributed by atoms with Crippen LogP contribution in [0, 0.1) is 6.92 Å². The minimum atomic E-state index is -2.95. The molecule has 0 amide bonds. The third-order valence-electron chi connectivity index (χ3n) is 2.75. The molecule has 2 nitrogen and oxygen atoms in total. The standard InChI is InChI=1S/C15H17O2P/c1-3-17-18(16,14-9-5-4-6-10-14)15-11-7-8-13(2)12-15/h4-12H,3H2,1-2H3. The van der Waals surface area contributed by atoms with Gasteiger partial charge in [-0.3, -0.25) is 4.57 Å². The van der Waals surface area contributed by atoms with Crippen LogP contribution >= 0.6 is 7.37 Å². The zero-order valence-electron chi connectivity index (χ0n) is 10.7. The summed E-state index contributed by atoms with van der Waals surface area (Å²) in [5, 5.41) is 1.51. The normalized spacial score (nSPS) is 14.1. The summed E-state index contributed by atoms with van der Waals surface area (Å²) < 4.78 is 18.8. The lowest BCUT2D eigenvalue weighted by atomic mass is 10.2. The number of hydrogen-bond donors (Lipinski definition) is 0. The zero-order valence-corrected chi connectivity index (χ0v) is 11.6. The van der Waals surface area contributed by atoms with Crippen LogP contribution in [0.15, 0.2) is 54.6 Å². The quantitative estimate of drug-likeness (QED) is 0.789. The molecule has 1 atom stereocenters. The third-order valence-corrected chi connectivity index (χ3v) is 5.31. The molecule has 0 bridgehead atoms. The van der Waals surface area contributed by atoms with Gasteiger partial charge in [-0.25, -0.2) is 0 Å². The minimum absolute atomic E-state index is 0.431. The Morgan fingerprint density at radius 1 is 1.00 bits per heavy atom. The molecule has 0 aliphatic rings. The monoisotopic (exact) mass is 260 g/mol. The Hall–Kier alpha value is -1.37. The lowest BCUT2D eigenvalue weighted by Crippen LogP contribution is -2.18. The lowest BCUT2D eigenvalue weighted by Gasteiger charge is -2.18. The van der Waals surface area contributed by atoms with Crippen LogP contribution in [0.1, 0.15) is 12.5 Å². The van der Waals surface area contributed by atoms with Crippen molar-refractivity contribution in [2.24, 2.45) is 0 Å². The largest absolute Gasteiger partial charge is 0.322 e. The second-order valence-corrected chi connectivity index (χ2v) is 6.54. The topological polar surface area (TPSA) is 26.3 Å². The Labute approximate surface area is 108 Å². The molecule has 0 fully saturated rings. The van der Waals surface area contributed by atoms with Crippen LogP contribution in [0.2, 0.25) is 0 Å². The summed E-state index contributed by atoms with van der Waals surface area (Å²) in [6.07, 6.45) is 0. The number of hydrogen-bond acceptors (Lipinski definition) is 2. The van der Waals surface area contributed by atoms with Crippen molar-refractivity contribution >= 4 is 18.0 Å². The van der Waals surface area contributed by atoms with Crippen LogP contribution in [0.4, 0.5) is 0 Å². The predicted octanol–water partition coefficient (Wildman–Crippen LogP) is 3.26. The summed E-state index contributed by atoms with van der Waals surface area (Å²) in [6, 6.07) is 17.1. The van der Waals surface area contributed by atoms with E-state index in [1.54, 1.807) is 0 Å². The van der Waals surface area contributed by atoms with Gasteiger partial charge in [-0.2, -0.15) is 0 Å². The maximum absolute atomic E-state index is 13.1. The fraction of sp³-hybridized carbons (Fsp3) is 0.200. The molecule has 1 unspecified atom stereocenters. The van der Waals surface area contributed by atoms with Gasteiger partial charge in [-0.05, 0) is 38.1 Å². The molecule has 0 N–H and O–H groups in total. The number of aryl methyl sites for hydroxylation is 1. The van der Waals surface area contributed by atoms with Gasteiger partial charge in [0.15, 0.2) is 0 Å². The van der Waals surface area contributed by atoms with E-state index in [-0.39, 0.29) is 0 Å². The predicted molar refractivity (Wildman–Crippen MR) is 76.1 cm³/mol. The van der Waals surface area contributed by atoms with Crippen LogP contribution in [-0.2, 0) is 9.09 Å². The van der Waals surface area contributed by atoms with Crippen molar-refractivity contribution in [1.29, 1.82) is 0 Å². The molecule has 0 aliphatic carbocycles. The smallest absolute Gasteiger partial charge is 0.261 e. The second kappa shape index (κ2) is 5.51. The highest BCUT2D eigenvalue weighted by Gasteiger charge is 2.27. The highest BCUT2D eigenvalue weighted by molar-refractivity contribution is 7.74. The van der Waals surface area contributed by atoms with Gasteiger partial charge in [0, 0.05) is 10.6 Å². The van der Waals surface area contributed by atoms with E-state index in [2.05, 4.69) is 0 Å². The van der Waals surface area contributed by atoms with Gasteiger partial charge < -0.3 is 4.52 Å². The fourth-order valence-corrected chi connectivity index (χ4v) is 4.10. The molecule has 0 aliphatic heterocycles. The van der Waals surface area contributed by atoms with Crippen LogP contribution < -0.4 is 10.6 Å². The van der Waals surface area contributed by atoms with Gasteiger partial charge in [-0.15, -0.1) is 0 Å². The highest BCUT2D eigenvalue weighted by atomic mass is 31.2. The maximum Gasteiger partial charge on any atom is 0.261 e. The van der Waals surface area contributed by atoms with E-state index < -0.39 is 7.37 Å². The first kappa shape index (κ1) is 13.1. The van der Waals surface area contributed by atoms with E-state index in [9.17, 15) is 4.57 Å². The summed E-state index contributed by atoms with van der Waals surface area (Å²) in [5.41, 5.74) is 1.09. The van der Waals surface area contributed by atoms with E-state index in [1.807, 2.05) is 68.4 Å². The summed E-state index contributed by atoms with van der Waals surface area (Å²) in [7, 11) is -2.95. The van der Waals surface area contributed by atoms with Crippen LogP contribution in [-0.4, -0.2) is 6.61 Å². The molecule has 18 heavy (non-hydrogen) atoms. The van der Waals surface area contributed by atoms with Crippen molar-refractivity contribution in [3.63, 3.8) is 0 Å². The maximum atomic E-state index is 13.1. The van der Waals surface area contributed by atoms with Crippen molar-refractivity contribution < 1.29 is 9.09 Å². The average Bonchev–Trinajstić information content (AvgIpc) is 2.40. The average molecular weight is 260 g/mol. The van der Waals surface area contributed by atoms with Gasteiger partial charge >= 0.3 is 0 Å². The van der Waals surface area contributed by atoms with Crippen LogP contribution in [0.5, 0.6) is 0 Å². The van der Waals surface area contributed by atoms with Crippen molar-refractivity contribution in [3.05, 3.63) is 60.2 Å². The minimum Gasteiger partial charge on any atom is -0.322 e. The highest BCUT2D eigenvalue weighted by Crippen LogP contribution is 2.44. The number of benzene rings is 2. The van der Waals surface area contributed by atoms with Crippen molar-refractivity contribution in [2.45, 2.75) is 13.8 Å². The Bertz CT molecular complexity index is 564. The number of rotatable bonds is 4. The van der Waals surface area contributed by atoms with Gasteiger partial charge in [0.1, 0.15) is 0 Å². The van der Waals surface area contributed by atoms with Crippen LogP contribution in [0.3, 0.4) is 0 Å². The lowest BCUT2D eigenvalue weighted by molar-refractivity contribution is 0.348. The molecule has 2 aromatic rings. The Morgan fingerprint density at radius 3 is 2.28 bits per heavy atom. The third kappa shape index (κ3) is 2.55. The van der Waals surface area contributed by atoms with Crippen molar-refractivity contribution in [3.8, 4) is 0 Å². The molecular weight excluding hydrogens is 243 g/mol. The Balaban J connectivity index is 2.55. The van der Waals surface area contributed by atoms with Crippen LogP contribution in [0.25, 0.3) is 0 Å². The first-order chi connectivity index (χ1) is 8.66. The van der Waals surface area contributed by atoms with E-state index >= 15 is 0 Å². The van der Waals surface area contributed by atoms with E-state index in [0.717, 1.165) is 16.2 Å². The fourth-order valence-electron chi connectivity index (χ4n) is 1.92. The van der Waals surface area contributed by atoms with Gasteiger partial charge in [0.25, 0.3) is 7.37 Å². The second-order valence-electron chi connectivity index (χ2n) is 4.14. The summed E-state index contributed by atoms with van der Waals surface area (Å²) >= 11 is 0. The van der Waals surface area contributed by atoms with Crippen molar-refractivity contribution in [1.82, 2.24) is 0 Å². The molecule has 3 heteroatoms. The molecule has 2 aromatic carbocycles. The van der Waals surface area contributed by atoms with Crippen molar-refractivity contribution in [2.75, 3.05) is 6.61 Å². The molecule has 2 rings (SSSR count). The summed E-state index contributed by atoms with van der Waals surface area (Å²) in [5.74, 6) is 0. The summed E-state index contributed by atoms with van der Waals surface area (Å²) in [4.78, 5) is 0. The first-order valence-corrected chi connectivity index (χ1v) is 7.66. The molecule has 0 heterocycles. The zero-order chi connectivity index (χ0) is 13.0. The summed E-state index contributed by atoms with van der Waals surface area (Å²) in [6.45, 7) is 4.29. The van der Waals surface area contributed by atoms with Gasteiger partial charge in [0.2, 0.25) is 0 Å². The van der Waals surface area contributed by atoms with Gasteiger partial charge in [0.05, 0.1) is 6.61 Å². The molecule has 0 saturated carbocycles. The Morgan fingerprint density at radius 2 is 1.67 bits per heavy atom. The van der Waals surface area contributed by atoms with E-state index in [0.29, 0.717) is 6.61 Å². The first-order valence-electron chi connectivity index (χ1n) is 6.04. The SMILES string of the molecule is CCOP(=O)(c1ccccc1)c1cccc(C)c1. The Kier molecular flexibility index (Phi) is 4.00. The molecule has 0 aromatic heterocycles. The molecule has 94 valence electrons. The van der Waals surface area contributed by atoms with E-state index in [1.165, 1.54) is 0 Å². The van der Waals surface area contributed by atoms with E-state index in [4.69, 9.17) is 4.52 Å². The molecular formula is C15H17O2P. The molecule has 0 radical (unpaired) electrons. The molecule has 0 spiro atoms. The molecule has 0 saturated heterocycles. The van der Waals surface area contributed by atoms with Gasteiger partial charge in [-0.1, -0.05) is 35.9 Å².